The molecule has 0 unspecified atom stereocenters. The normalized spacial score (nSPS) is 16.9. The van der Waals surface area contributed by atoms with Crippen molar-refractivity contribution in [3.63, 3.8) is 0 Å². The number of alkyl halides is 3. The van der Waals surface area contributed by atoms with Crippen LogP contribution in [-0.2, 0) is 17.5 Å². The van der Waals surface area contributed by atoms with Crippen molar-refractivity contribution >= 4 is 5.91 Å². The average Bonchev–Trinajstić information content (AvgIpc) is 2.78. The van der Waals surface area contributed by atoms with E-state index >= 15 is 0 Å². The standard InChI is InChI=1S/C17H24F3N3O/c1-21-8-7-16(24)23-10-2-9-22(11-12-23)13-14-3-5-15(6-4-14)17(18,19)20/h3-6,21H,2,7-13H2,1H3. The van der Waals surface area contributed by atoms with E-state index in [2.05, 4.69) is 10.2 Å². The van der Waals surface area contributed by atoms with E-state index in [4.69, 9.17) is 0 Å². The predicted octanol–water partition coefficient (Wildman–Crippen LogP) is 2.35. The highest BCUT2D eigenvalue weighted by molar-refractivity contribution is 5.76. The van der Waals surface area contributed by atoms with Crippen molar-refractivity contribution in [3.8, 4) is 0 Å². The summed E-state index contributed by atoms with van der Waals surface area (Å²) in [7, 11) is 1.82. The van der Waals surface area contributed by atoms with Gasteiger partial charge in [0.15, 0.2) is 0 Å². The van der Waals surface area contributed by atoms with Crippen LogP contribution in [-0.4, -0.2) is 55.5 Å². The lowest BCUT2D eigenvalue weighted by atomic mass is 10.1. The van der Waals surface area contributed by atoms with Gasteiger partial charge in [0.05, 0.1) is 5.56 Å². The summed E-state index contributed by atoms with van der Waals surface area (Å²) in [6.07, 6.45) is -2.92. The summed E-state index contributed by atoms with van der Waals surface area (Å²) in [5.74, 6) is 0.153. The third-order valence-electron chi connectivity index (χ3n) is 4.22. The number of carbonyl (C=O) groups excluding carboxylic acids is 1. The Labute approximate surface area is 140 Å². The van der Waals surface area contributed by atoms with Gasteiger partial charge in [0.2, 0.25) is 5.91 Å². The van der Waals surface area contributed by atoms with Gasteiger partial charge >= 0.3 is 6.18 Å². The van der Waals surface area contributed by atoms with Crippen LogP contribution < -0.4 is 5.32 Å². The third kappa shape index (κ3) is 5.49. The smallest absolute Gasteiger partial charge is 0.341 e. The quantitative estimate of drug-likeness (QED) is 0.891. The van der Waals surface area contributed by atoms with Crippen molar-refractivity contribution in [2.45, 2.75) is 25.6 Å². The minimum absolute atomic E-state index is 0.153. The zero-order chi connectivity index (χ0) is 17.6. The fourth-order valence-electron chi connectivity index (χ4n) is 2.83. The fourth-order valence-corrected chi connectivity index (χ4v) is 2.83. The molecule has 0 atom stereocenters. The van der Waals surface area contributed by atoms with Gasteiger partial charge in [0, 0.05) is 45.7 Å². The van der Waals surface area contributed by atoms with Gasteiger partial charge in [-0.05, 0) is 31.2 Å². The molecule has 0 aliphatic carbocycles. The molecule has 0 spiro atoms. The Morgan fingerprint density at radius 3 is 2.46 bits per heavy atom. The number of amides is 1. The number of rotatable bonds is 5. The fraction of sp³-hybridized carbons (Fsp3) is 0.588. The van der Waals surface area contributed by atoms with Crippen molar-refractivity contribution in [2.75, 3.05) is 39.8 Å². The molecule has 1 aromatic carbocycles. The summed E-state index contributed by atoms with van der Waals surface area (Å²) in [5, 5.41) is 2.97. The molecule has 1 amide bonds. The molecule has 1 fully saturated rings. The van der Waals surface area contributed by atoms with Gasteiger partial charge in [-0.2, -0.15) is 13.2 Å². The molecule has 0 radical (unpaired) electrons. The largest absolute Gasteiger partial charge is 0.416 e. The Kier molecular flexibility index (Phi) is 6.62. The highest BCUT2D eigenvalue weighted by Crippen LogP contribution is 2.29. The molecule has 7 heteroatoms. The molecule has 24 heavy (non-hydrogen) atoms. The van der Waals surface area contributed by atoms with Crippen molar-refractivity contribution in [3.05, 3.63) is 35.4 Å². The SMILES string of the molecule is CNCCC(=O)N1CCCN(Cc2ccc(C(F)(F)F)cc2)CC1. The van der Waals surface area contributed by atoms with E-state index in [0.717, 1.165) is 43.8 Å². The molecule has 1 aliphatic heterocycles. The highest BCUT2D eigenvalue weighted by atomic mass is 19.4. The van der Waals surface area contributed by atoms with Crippen LogP contribution >= 0.6 is 0 Å². The van der Waals surface area contributed by atoms with Crippen LogP contribution in [0.2, 0.25) is 0 Å². The molecule has 0 bridgehead atoms. The van der Waals surface area contributed by atoms with Gasteiger partial charge in [0.1, 0.15) is 0 Å². The third-order valence-corrected chi connectivity index (χ3v) is 4.22. The maximum absolute atomic E-state index is 12.6. The van der Waals surface area contributed by atoms with Crippen molar-refractivity contribution < 1.29 is 18.0 Å². The van der Waals surface area contributed by atoms with Gasteiger partial charge in [-0.3, -0.25) is 9.69 Å². The van der Waals surface area contributed by atoms with E-state index in [-0.39, 0.29) is 5.91 Å². The van der Waals surface area contributed by atoms with E-state index in [1.54, 1.807) is 0 Å². The predicted molar refractivity (Wildman–Crippen MR) is 86.5 cm³/mol. The maximum atomic E-state index is 12.6. The number of nitrogens with zero attached hydrogens (tertiary/aromatic N) is 2. The van der Waals surface area contributed by atoms with Crippen LogP contribution in [0.4, 0.5) is 13.2 Å². The molecular formula is C17H24F3N3O. The minimum atomic E-state index is -4.30. The molecule has 2 rings (SSSR count). The number of carbonyl (C=O) groups is 1. The summed E-state index contributed by atoms with van der Waals surface area (Å²) in [6.45, 7) is 4.28. The van der Waals surface area contributed by atoms with Gasteiger partial charge in [0.25, 0.3) is 0 Å². The van der Waals surface area contributed by atoms with Gasteiger partial charge in [-0.15, -0.1) is 0 Å². The number of nitrogens with one attached hydrogen (secondary N) is 1. The molecule has 1 saturated heterocycles. The molecular weight excluding hydrogens is 319 g/mol. The summed E-state index contributed by atoms with van der Waals surface area (Å²) in [4.78, 5) is 16.1. The molecule has 0 saturated carbocycles. The lowest BCUT2D eigenvalue weighted by Crippen LogP contribution is -2.36. The van der Waals surface area contributed by atoms with Gasteiger partial charge in [-0.1, -0.05) is 12.1 Å². The second-order valence-corrected chi connectivity index (χ2v) is 6.06. The molecule has 1 N–H and O–H groups in total. The van der Waals surface area contributed by atoms with Crippen molar-refractivity contribution in [1.29, 1.82) is 0 Å². The van der Waals surface area contributed by atoms with E-state index in [1.165, 1.54) is 12.1 Å². The summed E-state index contributed by atoms with van der Waals surface area (Å²) in [6, 6.07) is 5.31. The first-order valence-corrected chi connectivity index (χ1v) is 8.21. The monoisotopic (exact) mass is 343 g/mol. The van der Waals surface area contributed by atoms with E-state index in [1.807, 2.05) is 11.9 Å². The van der Waals surface area contributed by atoms with Crippen LogP contribution in [0.25, 0.3) is 0 Å². The van der Waals surface area contributed by atoms with Crippen LogP contribution in [0.3, 0.4) is 0 Å². The highest BCUT2D eigenvalue weighted by Gasteiger charge is 2.30. The second-order valence-electron chi connectivity index (χ2n) is 6.06. The molecule has 1 aromatic rings. The summed E-state index contributed by atoms with van der Waals surface area (Å²) >= 11 is 0. The van der Waals surface area contributed by atoms with E-state index in [0.29, 0.717) is 26.1 Å². The zero-order valence-corrected chi connectivity index (χ0v) is 13.9. The second kappa shape index (κ2) is 8.48. The molecule has 4 nitrogen and oxygen atoms in total. The number of halogens is 3. The van der Waals surface area contributed by atoms with Gasteiger partial charge in [-0.25, -0.2) is 0 Å². The van der Waals surface area contributed by atoms with Crippen LogP contribution in [0.5, 0.6) is 0 Å². The molecule has 1 heterocycles. The van der Waals surface area contributed by atoms with E-state index in [9.17, 15) is 18.0 Å². The maximum Gasteiger partial charge on any atom is 0.416 e. The Hall–Kier alpha value is -1.60. The first kappa shape index (κ1) is 18.7. The van der Waals surface area contributed by atoms with E-state index < -0.39 is 11.7 Å². The Bertz CT molecular complexity index is 531. The first-order chi connectivity index (χ1) is 11.4. The van der Waals surface area contributed by atoms with Crippen LogP contribution in [0.15, 0.2) is 24.3 Å². The lowest BCUT2D eigenvalue weighted by Gasteiger charge is -2.22. The zero-order valence-electron chi connectivity index (χ0n) is 13.9. The lowest BCUT2D eigenvalue weighted by molar-refractivity contribution is -0.137. The topological polar surface area (TPSA) is 35.6 Å². The van der Waals surface area contributed by atoms with Crippen LogP contribution in [0.1, 0.15) is 24.0 Å². The minimum Gasteiger partial charge on any atom is -0.341 e. The average molecular weight is 343 g/mol. The summed E-state index contributed by atoms with van der Waals surface area (Å²) in [5.41, 5.74) is 0.237. The number of benzene rings is 1. The number of hydrogen-bond donors (Lipinski definition) is 1. The van der Waals surface area contributed by atoms with Crippen molar-refractivity contribution in [1.82, 2.24) is 15.1 Å². The Morgan fingerprint density at radius 2 is 1.83 bits per heavy atom. The summed E-state index contributed by atoms with van der Waals surface area (Å²) < 4.78 is 37.8. The molecule has 134 valence electrons. The number of hydrogen-bond acceptors (Lipinski definition) is 3. The van der Waals surface area contributed by atoms with Crippen LogP contribution in [0, 0.1) is 0 Å². The molecule has 1 aliphatic rings. The Morgan fingerprint density at radius 1 is 1.12 bits per heavy atom. The Balaban J connectivity index is 1.87. The van der Waals surface area contributed by atoms with Gasteiger partial charge < -0.3 is 10.2 Å². The first-order valence-electron chi connectivity index (χ1n) is 8.21. The van der Waals surface area contributed by atoms with Crippen molar-refractivity contribution in [2.24, 2.45) is 0 Å². The molecule has 0 aromatic heterocycles.